The molecule has 0 fully saturated rings. The van der Waals surface area contributed by atoms with E-state index in [9.17, 15) is 14.7 Å². The Hall–Kier alpha value is -3.34. The molecule has 0 bridgehead atoms. The lowest BCUT2D eigenvalue weighted by Gasteiger charge is -2.12. The number of nitrogens with zero attached hydrogens (tertiary/aromatic N) is 1. The molecule has 4 aromatic rings. The average Bonchev–Trinajstić information content (AvgIpc) is 2.63. The van der Waals surface area contributed by atoms with Crippen molar-refractivity contribution in [2.45, 2.75) is 13.3 Å². The maximum absolute atomic E-state index is 12.7. The van der Waals surface area contributed by atoms with Gasteiger partial charge in [0, 0.05) is 6.20 Å². The van der Waals surface area contributed by atoms with E-state index in [4.69, 9.17) is 4.42 Å². The lowest BCUT2D eigenvalue weighted by molar-refractivity contribution is 0.470. The molecule has 124 valence electrons. The minimum Gasteiger partial charge on any atom is -0.506 e. The largest absolute Gasteiger partial charge is 0.506 e. The molecule has 0 unspecified atom stereocenters. The van der Waals surface area contributed by atoms with Crippen molar-refractivity contribution in [2.75, 3.05) is 0 Å². The summed E-state index contributed by atoms with van der Waals surface area (Å²) >= 11 is 0. The van der Waals surface area contributed by atoms with Gasteiger partial charge in [-0.2, -0.15) is 0 Å². The number of hydrogen-bond acceptors (Lipinski definition) is 4. The first kappa shape index (κ1) is 15.2. The lowest BCUT2D eigenvalue weighted by atomic mass is 10.0. The van der Waals surface area contributed by atoms with E-state index >= 15 is 0 Å². The highest BCUT2D eigenvalue weighted by Crippen LogP contribution is 2.35. The van der Waals surface area contributed by atoms with E-state index in [0.717, 1.165) is 0 Å². The predicted octanol–water partition coefficient (Wildman–Crippen LogP) is 3.34. The van der Waals surface area contributed by atoms with Crippen LogP contribution in [0.1, 0.15) is 12.5 Å². The molecule has 1 aromatic carbocycles. The van der Waals surface area contributed by atoms with Gasteiger partial charge in [-0.3, -0.25) is 9.20 Å². The van der Waals surface area contributed by atoms with Crippen molar-refractivity contribution in [3.63, 3.8) is 0 Å². The zero-order valence-electron chi connectivity index (χ0n) is 13.5. The Bertz CT molecular complexity index is 1220. The molecule has 0 amide bonds. The van der Waals surface area contributed by atoms with Crippen LogP contribution in [-0.2, 0) is 6.42 Å². The summed E-state index contributed by atoms with van der Waals surface area (Å²) in [6.45, 7) is 1.81. The fraction of sp³-hybridized carbons (Fsp3) is 0.100. The summed E-state index contributed by atoms with van der Waals surface area (Å²) in [6, 6.07) is 14.1. The standard InChI is InChI=1S/C20H15NO4/c1-2-13-18-16(14-10-6-7-11-21(14)19(13)23)17(22)15(20(24)25-18)12-8-4-3-5-9-12/h3-11,22H,2H2,1H3. The van der Waals surface area contributed by atoms with Crippen molar-refractivity contribution >= 4 is 16.5 Å². The molecule has 5 nitrogen and oxygen atoms in total. The van der Waals surface area contributed by atoms with Crippen molar-refractivity contribution in [3.05, 3.63) is 81.1 Å². The normalized spacial score (nSPS) is 11.2. The number of benzene rings is 1. The minimum absolute atomic E-state index is 0.0968. The van der Waals surface area contributed by atoms with Gasteiger partial charge in [0.1, 0.15) is 11.3 Å². The number of aryl methyl sites for hydroxylation is 1. The van der Waals surface area contributed by atoms with Crippen molar-refractivity contribution in [2.24, 2.45) is 0 Å². The van der Waals surface area contributed by atoms with Crippen LogP contribution in [0.25, 0.3) is 27.6 Å². The second-order valence-electron chi connectivity index (χ2n) is 5.78. The van der Waals surface area contributed by atoms with Gasteiger partial charge in [0.25, 0.3) is 5.56 Å². The Balaban J connectivity index is 2.29. The van der Waals surface area contributed by atoms with Crippen LogP contribution in [0.5, 0.6) is 5.75 Å². The van der Waals surface area contributed by atoms with Crippen LogP contribution in [0.2, 0.25) is 0 Å². The van der Waals surface area contributed by atoms with Gasteiger partial charge >= 0.3 is 5.63 Å². The molecule has 25 heavy (non-hydrogen) atoms. The van der Waals surface area contributed by atoms with Crippen LogP contribution in [0.4, 0.5) is 0 Å². The zero-order valence-corrected chi connectivity index (χ0v) is 13.5. The minimum atomic E-state index is -0.661. The molecule has 0 saturated carbocycles. The highest BCUT2D eigenvalue weighted by atomic mass is 16.4. The number of hydrogen-bond donors (Lipinski definition) is 1. The lowest BCUT2D eigenvalue weighted by Crippen LogP contribution is -2.19. The Labute approximate surface area is 142 Å². The van der Waals surface area contributed by atoms with E-state index in [1.165, 1.54) is 4.40 Å². The smallest absolute Gasteiger partial charge is 0.347 e. The zero-order chi connectivity index (χ0) is 17.6. The molecular formula is C20H15NO4. The number of rotatable bonds is 2. The van der Waals surface area contributed by atoms with Crippen LogP contribution >= 0.6 is 0 Å². The van der Waals surface area contributed by atoms with Crippen LogP contribution in [0.3, 0.4) is 0 Å². The van der Waals surface area contributed by atoms with Gasteiger partial charge < -0.3 is 9.52 Å². The topological polar surface area (TPSA) is 71.9 Å². The summed E-state index contributed by atoms with van der Waals surface area (Å²) in [7, 11) is 0. The van der Waals surface area contributed by atoms with Crippen LogP contribution in [-0.4, -0.2) is 9.51 Å². The van der Waals surface area contributed by atoms with Gasteiger partial charge in [0.05, 0.1) is 16.5 Å². The molecule has 0 spiro atoms. The fourth-order valence-electron chi connectivity index (χ4n) is 3.21. The summed E-state index contributed by atoms with van der Waals surface area (Å²) in [6.07, 6.45) is 2.03. The first-order valence-corrected chi connectivity index (χ1v) is 8.01. The van der Waals surface area contributed by atoms with E-state index in [2.05, 4.69) is 0 Å². The monoisotopic (exact) mass is 333 g/mol. The third-order valence-electron chi connectivity index (χ3n) is 4.38. The van der Waals surface area contributed by atoms with Gasteiger partial charge in [-0.05, 0) is 24.1 Å². The number of fused-ring (bicyclic) bond motifs is 3. The summed E-state index contributed by atoms with van der Waals surface area (Å²) < 4.78 is 6.98. The average molecular weight is 333 g/mol. The molecule has 3 aromatic heterocycles. The van der Waals surface area contributed by atoms with E-state index in [0.29, 0.717) is 28.5 Å². The fourth-order valence-corrected chi connectivity index (χ4v) is 3.21. The maximum atomic E-state index is 12.7. The molecule has 0 radical (unpaired) electrons. The molecular weight excluding hydrogens is 318 g/mol. The number of pyridine rings is 2. The number of aromatic nitrogens is 1. The van der Waals surface area contributed by atoms with Gasteiger partial charge in [-0.1, -0.05) is 43.3 Å². The summed E-state index contributed by atoms with van der Waals surface area (Å²) in [5.74, 6) is -0.171. The Kier molecular flexibility index (Phi) is 3.42. The second-order valence-corrected chi connectivity index (χ2v) is 5.78. The third kappa shape index (κ3) is 2.16. The van der Waals surface area contributed by atoms with Gasteiger partial charge in [0.2, 0.25) is 0 Å². The van der Waals surface area contributed by atoms with Crippen molar-refractivity contribution < 1.29 is 9.52 Å². The van der Waals surface area contributed by atoms with Crippen molar-refractivity contribution in [1.82, 2.24) is 4.40 Å². The van der Waals surface area contributed by atoms with Gasteiger partial charge in [0.15, 0.2) is 5.58 Å². The van der Waals surface area contributed by atoms with Gasteiger partial charge in [-0.25, -0.2) is 4.79 Å². The molecule has 0 atom stereocenters. The maximum Gasteiger partial charge on any atom is 0.347 e. The van der Waals surface area contributed by atoms with E-state index < -0.39 is 5.63 Å². The first-order chi connectivity index (χ1) is 12.1. The third-order valence-corrected chi connectivity index (χ3v) is 4.38. The van der Waals surface area contributed by atoms with Crippen molar-refractivity contribution in [1.29, 1.82) is 0 Å². The summed E-state index contributed by atoms with van der Waals surface area (Å²) in [5.41, 5.74) is 0.768. The molecule has 0 aliphatic rings. The summed E-state index contributed by atoms with van der Waals surface area (Å²) in [5, 5.41) is 11.3. The molecule has 3 heterocycles. The van der Waals surface area contributed by atoms with E-state index in [1.54, 1.807) is 48.7 Å². The second kappa shape index (κ2) is 5.63. The number of aromatic hydroxyl groups is 1. The van der Waals surface area contributed by atoms with Crippen LogP contribution in [0, 0.1) is 0 Å². The van der Waals surface area contributed by atoms with E-state index in [1.807, 2.05) is 13.0 Å². The van der Waals surface area contributed by atoms with Crippen LogP contribution in [0.15, 0.2) is 68.7 Å². The quantitative estimate of drug-likeness (QED) is 0.571. The van der Waals surface area contributed by atoms with Crippen LogP contribution < -0.4 is 11.2 Å². The molecule has 0 saturated heterocycles. The SMILES string of the molecule is CCc1c(=O)n2ccccc2c2c(O)c(-c3ccccc3)c(=O)oc12. The molecule has 1 N–H and O–H groups in total. The Morgan fingerprint density at radius 3 is 2.48 bits per heavy atom. The highest BCUT2D eigenvalue weighted by molar-refractivity contribution is 6.02. The molecule has 4 rings (SSSR count). The Morgan fingerprint density at radius 2 is 1.76 bits per heavy atom. The highest BCUT2D eigenvalue weighted by Gasteiger charge is 2.21. The molecule has 0 aliphatic carbocycles. The summed E-state index contributed by atoms with van der Waals surface area (Å²) in [4.78, 5) is 25.2. The molecule has 5 heteroatoms. The molecule has 0 aliphatic heterocycles. The first-order valence-electron chi connectivity index (χ1n) is 8.01. The predicted molar refractivity (Wildman–Crippen MR) is 96.2 cm³/mol. The van der Waals surface area contributed by atoms with Gasteiger partial charge in [-0.15, -0.1) is 0 Å². The van der Waals surface area contributed by atoms with E-state index in [-0.39, 0.29) is 22.5 Å². The van der Waals surface area contributed by atoms with Crippen molar-refractivity contribution in [3.8, 4) is 16.9 Å². The Morgan fingerprint density at radius 1 is 1.04 bits per heavy atom.